The van der Waals surface area contributed by atoms with Gasteiger partial charge < -0.3 is 10.2 Å². The maximum absolute atomic E-state index is 11.6. The third-order valence-corrected chi connectivity index (χ3v) is 2.66. The van der Waals surface area contributed by atoms with Gasteiger partial charge in [0.25, 0.3) is 5.56 Å². The number of anilines is 1. The molecule has 0 amide bonds. The lowest BCUT2D eigenvalue weighted by Crippen LogP contribution is -2.14. The number of rotatable bonds is 0. The van der Waals surface area contributed by atoms with Crippen LogP contribution in [0.15, 0.2) is 33.7 Å². The molecule has 0 saturated carbocycles. The van der Waals surface area contributed by atoms with Crippen molar-refractivity contribution in [3.8, 4) is 11.3 Å². The zero-order chi connectivity index (χ0) is 12.0. The molecule has 0 spiro atoms. The first kappa shape index (κ1) is 10.0. The minimum absolute atomic E-state index is 0.0602. The fraction of sp³-hybridized carbons (Fsp3) is 0. The van der Waals surface area contributed by atoms with Crippen molar-refractivity contribution >= 4 is 28.5 Å². The predicted molar refractivity (Wildman–Crippen MR) is 64.1 cm³/mol. The Balaban J connectivity index is 2.56. The third-order valence-electron chi connectivity index (χ3n) is 2.43. The maximum atomic E-state index is 11.6. The second-order valence-corrected chi connectivity index (χ2v) is 3.96. The molecule has 0 bridgehead atoms. The van der Waals surface area contributed by atoms with Crippen molar-refractivity contribution < 1.29 is 4.42 Å². The summed E-state index contributed by atoms with van der Waals surface area (Å²) in [6, 6.07) is 5.08. The molecular formula is C11H6ClN3O2. The lowest BCUT2D eigenvalue weighted by Gasteiger charge is -2.06. The lowest BCUT2D eigenvalue weighted by atomic mass is 10.1. The minimum atomic E-state index is -0.460. The lowest BCUT2D eigenvalue weighted by molar-refractivity contribution is 0.603. The Morgan fingerprint density at radius 2 is 2.12 bits per heavy atom. The van der Waals surface area contributed by atoms with Crippen molar-refractivity contribution in [3.63, 3.8) is 0 Å². The van der Waals surface area contributed by atoms with Crippen molar-refractivity contribution in [1.29, 1.82) is 0 Å². The minimum Gasteiger partial charge on any atom is -0.463 e. The van der Waals surface area contributed by atoms with Crippen LogP contribution < -0.4 is 11.3 Å². The van der Waals surface area contributed by atoms with E-state index in [0.29, 0.717) is 21.7 Å². The average Bonchev–Trinajstić information content (AvgIpc) is 2.28. The van der Waals surface area contributed by atoms with Crippen LogP contribution in [-0.4, -0.2) is 9.97 Å². The van der Waals surface area contributed by atoms with Gasteiger partial charge in [-0.2, -0.15) is 4.98 Å². The molecule has 2 aliphatic rings. The van der Waals surface area contributed by atoms with E-state index in [1.54, 1.807) is 18.2 Å². The Morgan fingerprint density at radius 3 is 2.94 bits per heavy atom. The van der Waals surface area contributed by atoms with Crippen LogP contribution in [0.2, 0.25) is 5.02 Å². The number of fused-ring (bicyclic) bond motifs is 3. The second kappa shape index (κ2) is 3.43. The van der Waals surface area contributed by atoms with Crippen LogP contribution in [-0.2, 0) is 0 Å². The van der Waals surface area contributed by atoms with Gasteiger partial charge in [0.1, 0.15) is 17.4 Å². The summed E-state index contributed by atoms with van der Waals surface area (Å²) in [7, 11) is 0. The van der Waals surface area contributed by atoms with E-state index in [2.05, 4.69) is 9.97 Å². The van der Waals surface area contributed by atoms with Gasteiger partial charge in [-0.15, -0.1) is 0 Å². The zero-order valence-electron chi connectivity index (χ0n) is 8.48. The highest BCUT2D eigenvalue weighted by molar-refractivity contribution is 6.31. The molecule has 0 aliphatic carbocycles. The normalized spacial score (nSPS) is 11.1. The Labute approximate surface area is 100 Å². The molecule has 0 fully saturated rings. The van der Waals surface area contributed by atoms with Gasteiger partial charge in [0.2, 0.25) is 5.95 Å². The van der Waals surface area contributed by atoms with E-state index >= 15 is 0 Å². The number of hydrogen-bond acceptors (Lipinski definition) is 5. The maximum Gasteiger partial charge on any atom is 0.285 e. The second-order valence-electron chi connectivity index (χ2n) is 3.53. The summed E-state index contributed by atoms with van der Waals surface area (Å²) in [5.74, 6) is -0.0602. The van der Waals surface area contributed by atoms with Crippen molar-refractivity contribution in [1.82, 2.24) is 9.97 Å². The highest BCUT2D eigenvalue weighted by atomic mass is 35.5. The molecule has 0 saturated heterocycles. The Bertz CT molecular complexity index is 754. The molecule has 0 radical (unpaired) electrons. The van der Waals surface area contributed by atoms with Crippen LogP contribution in [0.25, 0.3) is 22.2 Å². The molecule has 0 atom stereocenters. The number of hydrogen-bond donors (Lipinski definition) is 1. The van der Waals surface area contributed by atoms with E-state index < -0.39 is 5.56 Å². The molecule has 3 rings (SSSR count). The molecule has 1 aromatic carbocycles. The fourth-order valence-electron chi connectivity index (χ4n) is 1.69. The smallest absolute Gasteiger partial charge is 0.285 e. The monoisotopic (exact) mass is 247 g/mol. The van der Waals surface area contributed by atoms with E-state index in [1.807, 2.05) is 0 Å². The van der Waals surface area contributed by atoms with E-state index in [9.17, 15) is 4.79 Å². The van der Waals surface area contributed by atoms with Gasteiger partial charge in [0, 0.05) is 10.4 Å². The van der Waals surface area contributed by atoms with Crippen LogP contribution in [0.4, 0.5) is 5.95 Å². The standard InChI is InChI=1S/C11H6ClN3O2/c12-5-1-2-8-6(3-5)9-7(4-17-8)10(16)15-11(13)14-9/h1-4H,(H2,13,15,16). The van der Waals surface area contributed by atoms with E-state index in [0.717, 1.165) is 0 Å². The Hall–Kier alpha value is -2.14. The molecule has 0 aromatic heterocycles. The van der Waals surface area contributed by atoms with Crippen LogP contribution in [0.3, 0.4) is 0 Å². The van der Waals surface area contributed by atoms with E-state index in [1.165, 1.54) is 6.26 Å². The molecule has 1 aromatic rings. The van der Waals surface area contributed by atoms with Crippen molar-refractivity contribution in [3.05, 3.63) is 39.8 Å². The quantitative estimate of drug-likeness (QED) is 0.614. The molecule has 2 aliphatic heterocycles. The predicted octanol–water partition coefficient (Wildman–Crippen LogP) is 1.92. The molecular weight excluding hydrogens is 242 g/mol. The number of aromatic nitrogens is 2. The first-order valence-electron chi connectivity index (χ1n) is 4.79. The van der Waals surface area contributed by atoms with E-state index in [4.69, 9.17) is 21.8 Å². The molecule has 0 unspecified atom stereocenters. The summed E-state index contributed by atoms with van der Waals surface area (Å²) in [4.78, 5) is 19.2. The summed E-state index contributed by atoms with van der Waals surface area (Å²) in [6.07, 6.45) is 1.33. The summed E-state index contributed by atoms with van der Waals surface area (Å²) < 4.78 is 5.32. The Morgan fingerprint density at radius 1 is 1.29 bits per heavy atom. The molecule has 2 heterocycles. The van der Waals surface area contributed by atoms with Gasteiger partial charge in [0.15, 0.2) is 0 Å². The molecule has 17 heavy (non-hydrogen) atoms. The van der Waals surface area contributed by atoms with Crippen LogP contribution in [0.5, 0.6) is 0 Å². The summed E-state index contributed by atoms with van der Waals surface area (Å²) >= 11 is 5.90. The number of halogens is 1. The van der Waals surface area contributed by atoms with Crippen molar-refractivity contribution in [2.75, 3.05) is 5.73 Å². The van der Waals surface area contributed by atoms with E-state index in [-0.39, 0.29) is 11.5 Å². The SMILES string of the molecule is Nc1nc2c3cc(Cl)ccc3occ-2c(=O)n1. The first-order chi connectivity index (χ1) is 8.15. The number of nitrogens with two attached hydrogens (primary N) is 1. The molecule has 84 valence electrons. The highest BCUT2D eigenvalue weighted by Crippen LogP contribution is 2.28. The van der Waals surface area contributed by atoms with Gasteiger partial charge >= 0.3 is 0 Å². The molecule has 5 nitrogen and oxygen atoms in total. The van der Waals surface area contributed by atoms with Gasteiger partial charge in [0.05, 0.1) is 5.69 Å². The zero-order valence-corrected chi connectivity index (χ0v) is 9.23. The largest absolute Gasteiger partial charge is 0.463 e. The van der Waals surface area contributed by atoms with Gasteiger partial charge in [-0.05, 0) is 18.2 Å². The average molecular weight is 248 g/mol. The summed E-state index contributed by atoms with van der Waals surface area (Å²) in [5, 5.41) is 1.17. The number of benzene rings is 1. The fourth-order valence-corrected chi connectivity index (χ4v) is 1.86. The molecule has 2 N–H and O–H groups in total. The third kappa shape index (κ3) is 1.52. The molecule has 6 heteroatoms. The van der Waals surface area contributed by atoms with Crippen molar-refractivity contribution in [2.24, 2.45) is 0 Å². The Kier molecular flexibility index (Phi) is 2.02. The van der Waals surface area contributed by atoms with Gasteiger partial charge in [-0.25, -0.2) is 4.98 Å². The van der Waals surface area contributed by atoms with Crippen LogP contribution in [0, 0.1) is 0 Å². The summed E-state index contributed by atoms with van der Waals surface area (Å²) in [6.45, 7) is 0. The summed E-state index contributed by atoms with van der Waals surface area (Å²) in [5.41, 5.74) is 6.33. The van der Waals surface area contributed by atoms with Crippen LogP contribution >= 0.6 is 11.6 Å². The first-order valence-corrected chi connectivity index (χ1v) is 5.17. The highest BCUT2D eigenvalue weighted by Gasteiger charge is 2.15. The van der Waals surface area contributed by atoms with Gasteiger partial charge in [-0.1, -0.05) is 11.6 Å². The topological polar surface area (TPSA) is 82.0 Å². The number of nitrogen functional groups attached to an aromatic ring is 1. The number of nitrogens with zero attached hydrogens (tertiary/aromatic N) is 2. The van der Waals surface area contributed by atoms with Gasteiger partial charge in [-0.3, -0.25) is 4.79 Å². The van der Waals surface area contributed by atoms with Crippen molar-refractivity contribution in [2.45, 2.75) is 0 Å². The van der Waals surface area contributed by atoms with Crippen LogP contribution in [0.1, 0.15) is 0 Å².